The molecule has 0 spiro atoms. The number of hydrazine groups is 1. The molecule has 0 radical (unpaired) electrons. The van der Waals surface area contributed by atoms with Crippen molar-refractivity contribution in [2.24, 2.45) is 5.84 Å². The van der Waals surface area contributed by atoms with Gasteiger partial charge in [0.15, 0.2) is 0 Å². The highest BCUT2D eigenvalue weighted by atomic mass is 32.1. The van der Waals surface area contributed by atoms with Crippen molar-refractivity contribution in [2.45, 2.75) is 6.04 Å². The number of nitrogens with two attached hydrogens (primary N) is 1. The molecule has 1 unspecified atom stereocenters. The summed E-state index contributed by atoms with van der Waals surface area (Å²) >= 11 is 3.05. The first kappa shape index (κ1) is 10.8. The van der Waals surface area contributed by atoms with Gasteiger partial charge in [0.05, 0.1) is 11.7 Å². The number of hydrogen-bond acceptors (Lipinski definition) is 6. The quantitative estimate of drug-likeness (QED) is 0.561. The number of nitrogens with zero attached hydrogens (tertiary/aromatic N) is 2. The van der Waals surface area contributed by atoms with Gasteiger partial charge in [0, 0.05) is 10.1 Å². The van der Waals surface area contributed by atoms with Crippen LogP contribution in [0.25, 0.3) is 10.1 Å². The number of aromatic nitrogens is 2. The topological polar surface area (TPSA) is 63.8 Å². The van der Waals surface area contributed by atoms with Gasteiger partial charge < -0.3 is 0 Å². The number of fused-ring (bicyclic) bond motifs is 1. The van der Waals surface area contributed by atoms with E-state index in [1.807, 2.05) is 11.4 Å². The van der Waals surface area contributed by atoms with E-state index < -0.39 is 0 Å². The van der Waals surface area contributed by atoms with Crippen LogP contribution in [0.1, 0.15) is 17.3 Å². The summed E-state index contributed by atoms with van der Waals surface area (Å²) in [5, 5.41) is 9.32. The second-order valence-corrected chi connectivity index (χ2v) is 5.14. The van der Waals surface area contributed by atoms with Gasteiger partial charge in [-0.15, -0.1) is 16.4 Å². The van der Waals surface area contributed by atoms with Gasteiger partial charge in [-0.1, -0.05) is 22.7 Å². The zero-order valence-electron chi connectivity index (χ0n) is 8.83. The van der Waals surface area contributed by atoms with E-state index in [1.165, 1.54) is 21.6 Å². The molecular weight excluding hydrogens is 252 g/mol. The Balaban J connectivity index is 2.16. The zero-order chi connectivity index (χ0) is 11.7. The monoisotopic (exact) mass is 262 g/mol. The number of rotatable bonds is 3. The number of hydrogen-bond donors (Lipinski definition) is 2. The molecule has 17 heavy (non-hydrogen) atoms. The van der Waals surface area contributed by atoms with Crippen LogP contribution in [0.15, 0.2) is 35.0 Å². The fourth-order valence-electron chi connectivity index (χ4n) is 1.88. The lowest BCUT2D eigenvalue weighted by atomic mass is 10.0. The van der Waals surface area contributed by atoms with Gasteiger partial charge in [-0.2, -0.15) is 0 Å². The van der Waals surface area contributed by atoms with Crippen LogP contribution in [0.2, 0.25) is 0 Å². The summed E-state index contributed by atoms with van der Waals surface area (Å²) in [5.74, 6) is 5.65. The van der Waals surface area contributed by atoms with E-state index in [-0.39, 0.29) is 6.04 Å². The van der Waals surface area contributed by atoms with Crippen molar-refractivity contribution in [1.82, 2.24) is 15.0 Å². The summed E-state index contributed by atoms with van der Waals surface area (Å²) in [6, 6.07) is 8.21. The third-order valence-electron chi connectivity index (χ3n) is 2.66. The van der Waals surface area contributed by atoms with Gasteiger partial charge in [0.25, 0.3) is 0 Å². The molecule has 3 aromatic rings. The van der Waals surface area contributed by atoms with E-state index in [9.17, 15) is 0 Å². The van der Waals surface area contributed by atoms with Crippen LogP contribution in [0, 0.1) is 0 Å². The lowest BCUT2D eigenvalue weighted by Crippen LogP contribution is -2.29. The normalized spacial score (nSPS) is 13.0. The molecule has 0 aliphatic carbocycles. The van der Waals surface area contributed by atoms with Crippen LogP contribution in [0.3, 0.4) is 0 Å². The number of nitrogens with one attached hydrogen (secondary N) is 1. The lowest BCUT2D eigenvalue weighted by Gasteiger charge is -2.14. The second-order valence-electron chi connectivity index (χ2n) is 3.62. The minimum absolute atomic E-state index is 0.101. The second kappa shape index (κ2) is 4.50. The Morgan fingerprint density at radius 1 is 1.29 bits per heavy atom. The number of benzene rings is 1. The summed E-state index contributed by atoms with van der Waals surface area (Å²) < 4.78 is 5.12. The van der Waals surface area contributed by atoms with Crippen LogP contribution in [-0.2, 0) is 0 Å². The molecule has 0 saturated carbocycles. The van der Waals surface area contributed by atoms with E-state index >= 15 is 0 Å². The molecule has 0 bridgehead atoms. The largest absolute Gasteiger partial charge is 0.271 e. The fourth-order valence-corrected chi connectivity index (χ4v) is 3.30. The first-order chi connectivity index (χ1) is 8.40. The Kier molecular flexibility index (Phi) is 2.86. The highest BCUT2D eigenvalue weighted by molar-refractivity contribution is 7.17. The average molecular weight is 262 g/mol. The molecule has 1 aromatic carbocycles. The van der Waals surface area contributed by atoms with Crippen LogP contribution >= 0.6 is 22.9 Å². The summed E-state index contributed by atoms with van der Waals surface area (Å²) in [7, 11) is 0. The Bertz CT molecular complexity index is 617. The van der Waals surface area contributed by atoms with E-state index in [0.29, 0.717) is 0 Å². The van der Waals surface area contributed by atoms with Gasteiger partial charge in [-0.3, -0.25) is 5.84 Å². The van der Waals surface area contributed by atoms with Gasteiger partial charge >= 0.3 is 0 Å². The SMILES string of the molecule is NNC(c1csnn1)c1cccc2ccsc12. The molecule has 2 aromatic heterocycles. The van der Waals surface area contributed by atoms with Gasteiger partial charge in [0.1, 0.15) is 0 Å². The van der Waals surface area contributed by atoms with Crippen LogP contribution in [0.4, 0.5) is 0 Å². The standard InChI is InChI=1S/C11H10N4S2/c12-13-10(9-6-17-15-14-9)8-3-1-2-7-4-5-16-11(7)8/h1-6,10,13H,12H2. The maximum Gasteiger partial charge on any atom is 0.0983 e. The summed E-state index contributed by atoms with van der Waals surface area (Å²) in [5.41, 5.74) is 4.82. The maximum atomic E-state index is 5.65. The molecule has 4 nitrogen and oxygen atoms in total. The van der Waals surface area contributed by atoms with Crippen LogP contribution < -0.4 is 11.3 Å². The molecule has 0 amide bonds. The molecule has 86 valence electrons. The molecule has 6 heteroatoms. The molecule has 0 aliphatic rings. The van der Waals surface area contributed by atoms with E-state index in [2.05, 4.69) is 38.6 Å². The molecule has 0 aliphatic heterocycles. The van der Waals surface area contributed by atoms with Crippen molar-refractivity contribution in [1.29, 1.82) is 0 Å². The van der Waals surface area contributed by atoms with Gasteiger partial charge in [0.2, 0.25) is 0 Å². The Morgan fingerprint density at radius 3 is 3.00 bits per heavy atom. The van der Waals surface area contributed by atoms with Gasteiger partial charge in [-0.05, 0) is 33.9 Å². The highest BCUT2D eigenvalue weighted by Crippen LogP contribution is 2.31. The third kappa shape index (κ3) is 1.85. The molecule has 3 rings (SSSR count). The maximum absolute atomic E-state index is 5.65. The molecule has 3 N–H and O–H groups in total. The third-order valence-corrected chi connectivity index (χ3v) is 4.16. The van der Waals surface area contributed by atoms with Crippen molar-refractivity contribution >= 4 is 33.0 Å². The van der Waals surface area contributed by atoms with E-state index in [1.54, 1.807) is 11.3 Å². The first-order valence-electron chi connectivity index (χ1n) is 5.09. The van der Waals surface area contributed by atoms with Crippen LogP contribution in [0.5, 0.6) is 0 Å². The molecule has 2 heterocycles. The Hall–Kier alpha value is -1.34. The minimum atomic E-state index is -0.101. The van der Waals surface area contributed by atoms with Crippen molar-refractivity contribution in [2.75, 3.05) is 0 Å². The van der Waals surface area contributed by atoms with Crippen molar-refractivity contribution in [3.05, 3.63) is 46.3 Å². The average Bonchev–Trinajstić information content (AvgIpc) is 3.00. The predicted octanol–water partition coefficient (Wildman–Crippen LogP) is 2.31. The van der Waals surface area contributed by atoms with E-state index in [0.717, 1.165) is 11.3 Å². The van der Waals surface area contributed by atoms with Gasteiger partial charge in [-0.25, -0.2) is 5.43 Å². The fraction of sp³-hybridized carbons (Fsp3) is 0.0909. The Labute approximate surface area is 106 Å². The molecule has 1 atom stereocenters. The minimum Gasteiger partial charge on any atom is -0.271 e. The van der Waals surface area contributed by atoms with E-state index in [4.69, 9.17) is 5.84 Å². The summed E-state index contributed by atoms with van der Waals surface area (Å²) in [6.45, 7) is 0. The van der Waals surface area contributed by atoms with Crippen molar-refractivity contribution in [3.8, 4) is 0 Å². The Morgan fingerprint density at radius 2 is 2.24 bits per heavy atom. The van der Waals surface area contributed by atoms with Crippen molar-refractivity contribution in [3.63, 3.8) is 0 Å². The molecule has 0 fully saturated rings. The highest BCUT2D eigenvalue weighted by Gasteiger charge is 2.17. The van der Waals surface area contributed by atoms with Crippen LogP contribution in [-0.4, -0.2) is 9.59 Å². The molecule has 0 saturated heterocycles. The summed E-state index contributed by atoms with van der Waals surface area (Å²) in [6.07, 6.45) is 0. The zero-order valence-corrected chi connectivity index (χ0v) is 10.5. The predicted molar refractivity (Wildman–Crippen MR) is 70.9 cm³/mol. The summed E-state index contributed by atoms with van der Waals surface area (Å²) in [4.78, 5) is 0. The molecular formula is C11H10N4S2. The van der Waals surface area contributed by atoms with Crippen molar-refractivity contribution < 1.29 is 0 Å². The smallest absolute Gasteiger partial charge is 0.0983 e. The first-order valence-corrected chi connectivity index (χ1v) is 6.81. The number of thiophene rings is 1. The lowest BCUT2D eigenvalue weighted by molar-refractivity contribution is 0.623.